The molecule has 0 unspecified atom stereocenters. The Morgan fingerprint density at radius 2 is 2.20 bits per heavy atom. The topological polar surface area (TPSA) is 70.9 Å². The second-order valence-corrected chi connectivity index (χ2v) is 5.75. The van der Waals surface area contributed by atoms with Gasteiger partial charge in [0.05, 0.1) is 12.2 Å². The van der Waals surface area contributed by atoms with E-state index in [1.807, 2.05) is 23.8 Å². The third kappa shape index (κ3) is 5.81. The van der Waals surface area contributed by atoms with Crippen LogP contribution in [-0.4, -0.2) is 55.7 Å². The SMILES string of the molecule is C#CCN(CC)CCc1cn(-c2cc(NC(=S)NCC)ncn2)cn1. The zero-order valence-electron chi connectivity index (χ0n) is 14.6. The van der Waals surface area contributed by atoms with Crippen LogP contribution in [0.2, 0.25) is 0 Å². The number of terminal acetylenes is 1. The maximum absolute atomic E-state index is 5.38. The summed E-state index contributed by atoms with van der Waals surface area (Å²) in [6.45, 7) is 7.30. The van der Waals surface area contributed by atoms with Crippen molar-refractivity contribution in [1.29, 1.82) is 0 Å². The summed E-state index contributed by atoms with van der Waals surface area (Å²) < 4.78 is 1.87. The van der Waals surface area contributed by atoms with Gasteiger partial charge in [-0.3, -0.25) is 9.47 Å². The molecule has 132 valence electrons. The second kappa shape index (κ2) is 9.71. The summed E-state index contributed by atoms with van der Waals surface area (Å²) in [5.41, 5.74) is 0.992. The first kappa shape index (κ1) is 18.8. The van der Waals surface area contributed by atoms with Crippen LogP contribution in [0.5, 0.6) is 0 Å². The van der Waals surface area contributed by atoms with Crippen LogP contribution >= 0.6 is 12.2 Å². The van der Waals surface area contributed by atoms with E-state index in [1.165, 1.54) is 6.33 Å². The Balaban J connectivity index is 2.02. The highest BCUT2D eigenvalue weighted by Gasteiger charge is 2.07. The molecule has 2 N–H and O–H groups in total. The summed E-state index contributed by atoms with van der Waals surface area (Å²) >= 11 is 5.17. The number of hydrogen-bond acceptors (Lipinski definition) is 5. The monoisotopic (exact) mass is 357 g/mol. The normalized spacial score (nSPS) is 10.5. The van der Waals surface area contributed by atoms with E-state index in [2.05, 4.69) is 43.3 Å². The quantitative estimate of drug-likeness (QED) is 0.547. The molecule has 0 spiro atoms. The van der Waals surface area contributed by atoms with Crippen molar-refractivity contribution >= 4 is 23.1 Å². The molecule has 0 saturated carbocycles. The Hall–Kier alpha value is -2.50. The van der Waals surface area contributed by atoms with E-state index in [0.29, 0.717) is 17.5 Å². The van der Waals surface area contributed by atoms with Crippen molar-refractivity contribution in [3.8, 4) is 18.2 Å². The first-order valence-electron chi connectivity index (χ1n) is 8.22. The van der Waals surface area contributed by atoms with E-state index in [4.69, 9.17) is 18.6 Å². The molecule has 8 heteroatoms. The molecule has 0 saturated heterocycles. The smallest absolute Gasteiger partial charge is 0.171 e. The van der Waals surface area contributed by atoms with Crippen LogP contribution in [0.25, 0.3) is 5.82 Å². The first-order valence-corrected chi connectivity index (χ1v) is 8.63. The zero-order valence-corrected chi connectivity index (χ0v) is 15.4. The van der Waals surface area contributed by atoms with Gasteiger partial charge in [0.2, 0.25) is 0 Å². The fraction of sp³-hybridized carbons (Fsp3) is 0.412. The fourth-order valence-electron chi connectivity index (χ4n) is 2.25. The predicted octanol–water partition coefficient (Wildman–Crippen LogP) is 1.47. The van der Waals surface area contributed by atoms with Crippen molar-refractivity contribution in [2.24, 2.45) is 0 Å². The molecule has 0 aliphatic rings. The van der Waals surface area contributed by atoms with Gasteiger partial charge < -0.3 is 10.6 Å². The average Bonchev–Trinajstić information content (AvgIpc) is 3.08. The number of thiocarbonyl (C=S) groups is 1. The van der Waals surface area contributed by atoms with Gasteiger partial charge in [-0.15, -0.1) is 6.42 Å². The summed E-state index contributed by atoms with van der Waals surface area (Å²) in [5.74, 6) is 4.04. The average molecular weight is 357 g/mol. The number of rotatable bonds is 8. The molecule has 0 aliphatic heterocycles. The van der Waals surface area contributed by atoms with Crippen molar-refractivity contribution in [3.63, 3.8) is 0 Å². The van der Waals surface area contributed by atoms with Gasteiger partial charge in [0.1, 0.15) is 24.3 Å². The molecule has 0 radical (unpaired) electrons. The zero-order chi connectivity index (χ0) is 18.1. The summed E-state index contributed by atoms with van der Waals surface area (Å²) in [6, 6.07) is 1.83. The molecule has 0 aromatic carbocycles. The van der Waals surface area contributed by atoms with Crippen molar-refractivity contribution in [3.05, 3.63) is 30.6 Å². The lowest BCUT2D eigenvalue weighted by Gasteiger charge is -2.15. The van der Waals surface area contributed by atoms with Crippen LogP contribution in [0.1, 0.15) is 19.5 Å². The van der Waals surface area contributed by atoms with Gasteiger partial charge in [0.25, 0.3) is 0 Å². The molecule has 25 heavy (non-hydrogen) atoms. The van der Waals surface area contributed by atoms with Crippen LogP contribution in [-0.2, 0) is 6.42 Å². The van der Waals surface area contributed by atoms with Gasteiger partial charge in [-0.1, -0.05) is 12.8 Å². The fourth-order valence-corrected chi connectivity index (χ4v) is 2.50. The number of hydrogen-bond donors (Lipinski definition) is 2. The number of nitrogens with zero attached hydrogens (tertiary/aromatic N) is 5. The van der Waals surface area contributed by atoms with Crippen LogP contribution in [0.3, 0.4) is 0 Å². The minimum absolute atomic E-state index is 0.534. The van der Waals surface area contributed by atoms with E-state index in [1.54, 1.807) is 6.33 Å². The maximum Gasteiger partial charge on any atom is 0.171 e. The van der Waals surface area contributed by atoms with Crippen molar-refractivity contribution < 1.29 is 0 Å². The molecular weight excluding hydrogens is 334 g/mol. The van der Waals surface area contributed by atoms with E-state index in [0.717, 1.165) is 37.6 Å². The summed E-state index contributed by atoms with van der Waals surface area (Å²) in [5, 5.41) is 6.59. The van der Waals surface area contributed by atoms with Gasteiger partial charge in [-0.2, -0.15) is 0 Å². The number of aromatic nitrogens is 4. The molecular formula is C17H23N7S. The molecule has 0 bridgehead atoms. The molecule has 0 fully saturated rings. The van der Waals surface area contributed by atoms with Gasteiger partial charge in [0, 0.05) is 31.8 Å². The number of anilines is 1. The first-order chi connectivity index (χ1) is 12.2. The Labute approximate surface area is 153 Å². The van der Waals surface area contributed by atoms with Gasteiger partial charge >= 0.3 is 0 Å². The van der Waals surface area contributed by atoms with Crippen LogP contribution in [0, 0.1) is 12.3 Å². The number of likely N-dealkylation sites (N-methyl/N-ethyl adjacent to an activating group) is 1. The third-order valence-corrected chi connectivity index (χ3v) is 3.82. The molecule has 2 heterocycles. The van der Waals surface area contributed by atoms with E-state index in [-0.39, 0.29) is 0 Å². The lowest BCUT2D eigenvalue weighted by molar-refractivity contribution is 0.327. The van der Waals surface area contributed by atoms with Crippen molar-refractivity contribution in [1.82, 2.24) is 29.7 Å². The van der Waals surface area contributed by atoms with Crippen molar-refractivity contribution in [2.75, 3.05) is 31.5 Å². The van der Waals surface area contributed by atoms with Gasteiger partial charge in [0.15, 0.2) is 5.11 Å². The van der Waals surface area contributed by atoms with Crippen molar-refractivity contribution in [2.45, 2.75) is 20.3 Å². The Morgan fingerprint density at radius 3 is 2.92 bits per heavy atom. The summed E-state index contributed by atoms with van der Waals surface area (Å²) in [7, 11) is 0. The van der Waals surface area contributed by atoms with Crippen LogP contribution in [0.4, 0.5) is 5.82 Å². The lowest BCUT2D eigenvalue weighted by Crippen LogP contribution is -2.28. The molecule has 2 rings (SSSR count). The van der Waals surface area contributed by atoms with E-state index in [9.17, 15) is 0 Å². The Bertz CT molecular complexity index is 735. The summed E-state index contributed by atoms with van der Waals surface area (Å²) in [6.07, 6.45) is 11.4. The molecule has 2 aromatic rings. The minimum Gasteiger partial charge on any atom is -0.363 e. The van der Waals surface area contributed by atoms with Gasteiger partial charge in [-0.05, 0) is 25.7 Å². The van der Waals surface area contributed by atoms with E-state index >= 15 is 0 Å². The highest BCUT2D eigenvalue weighted by Crippen LogP contribution is 2.10. The standard InChI is InChI=1S/C17H23N7S/c1-4-8-23(6-3)9-7-14-11-24(13-21-14)16-10-15(19-12-20-16)22-17(25)18-5-2/h1,10-13H,5-9H2,2-3H3,(H2,18,19,20,22,25). The third-order valence-electron chi connectivity index (χ3n) is 3.58. The highest BCUT2D eigenvalue weighted by atomic mass is 32.1. The predicted molar refractivity (Wildman–Crippen MR) is 104 cm³/mol. The Kier molecular flexibility index (Phi) is 7.32. The molecule has 0 atom stereocenters. The summed E-state index contributed by atoms with van der Waals surface area (Å²) in [4.78, 5) is 15.1. The molecule has 7 nitrogen and oxygen atoms in total. The van der Waals surface area contributed by atoms with Crippen LogP contribution in [0.15, 0.2) is 24.9 Å². The number of nitrogens with one attached hydrogen (secondary N) is 2. The second-order valence-electron chi connectivity index (χ2n) is 5.34. The van der Waals surface area contributed by atoms with E-state index < -0.39 is 0 Å². The molecule has 0 aliphatic carbocycles. The number of imidazole rings is 1. The molecule has 2 aromatic heterocycles. The largest absolute Gasteiger partial charge is 0.363 e. The Morgan fingerprint density at radius 1 is 1.36 bits per heavy atom. The van der Waals surface area contributed by atoms with Gasteiger partial charge in [-0.25, -0.2) is 15.0 Å². The van der Waals surface area contributed by atoms with Crippen LogP contribution < -0.4 is 10.6 Å². The molecule has 0 amide bonds. The highest BCUT2D eigenvalue weighted by molar-refractivity contribution is 7.80. The maximum atomic E-state index is 5.38. The minimum atomic E-state index is 0.534. The lowest BCUT2D eigenvalue weighted by atomic mass is 10.3.